The molecule has 374 valence electrons. The fourth-order valence-corrected chi connectivity index (χ4v) is 11.7. The molecular formula is C53H63ClN10O7. The number of hydrogen-bond donors (Lipinski definition) is 4. The summed E-state index contributed by atoms with van der Waals surface area (Å²) in [7, 11) is 0. The molecule has 4 fully saturated rings. The number of unbranched alkanes of at least 4 members (excludes halogenated alkanes) is 1. The van der Waals surface area contributed by atoms with Crippen molar-refractivity contribution in [3.63, 3.8) is 0 Å². The molecule has 3 aliphatic heterocycles. The summed E-state index contributed by atoms with van der Waals surface area (Å²) in [6, 6.07) is 19.1. The van der Waals surface area contributed by atoms with Crippen molar-refractivity contribution in [3.8, 4) is 23.1 Å². The SMILES string of the molecule is Cc1nc[nH]c1-c1ccc([C@H](C)NC(=O)[C@@H]2C[C@@H](O)C3OC(C)C(c4cc(CCCCN5CCN(c6ccc(C(=O)N[C@H]7C(C)(C)[C@H](Oc8ccc(C#N)c(Cl)c8)C7(C)C)cn6)CC5)no4)C(=O)N32)cc1. The molecule has 2 aromatic carbocycles. The number of carbonyl (C=O) groups is 3. The Bertz CT molecular complexity index is 2760. The normalized spacial score (nSPS) is 25.2. The lowest BCUT2D eigenvalue weighted by Gasteiger charge is -2.63. The van der Waals surface area contributed by atoms with Gasteiger partial charge in [0.05, 0.1) is 51.7 Å². The zero-order valence-electron chi connectivity index (χ0n) is 41.3. The number of aliphatic hydroxyl groups excluding tert-OH is 1. The molecule has 71 heavy (non-hydrogen) atoms. The number of nitrogens with zero attached hydrogens (tertiary/aromatic N) is 7. The molecule has 0 bridgehead atoms. The first-order chi connectivity index (χ1) is 33.9. The van der Waals surface area contributed by atoms with Crippen LogP contribution in [0.15, 0.2) is 77.7 Å². The quantitative estimate of drug-likeness (QED) is 0.0803. The largest absolute Gasteiger partial charge is 0.489 e. The van der Waals surface area contributed by atoms with E-state index in [1.165, 1.54) is 4.90 Å². The third kappa shape index (κ3) is 9.87. The molecule has 9 rings (SSSR count). The van der Waals surface area contributed by atoms with Crippen molar-refractivity contribution < 1.29 is 33.5 Å². The number of amides is 3. The summed E-state index contributed by atoms with van der Waals surface area (Å²) in [5, 5.41) is 31.2. The van der Waals surface area contributed by atoms with Gasteiger partial charge in [-0.2, -0.15) is 5.26 Å². The molecule has 0 radical (unpaired) electrons. The van der Waals surface area contributed by atoms with Gasteiger partial charge in [-0.1, -0.05) is 68.7 Å². The first-order valence-electron chi connectivity index (χ1n) is 24.6. The van der Waals surface area contributed by atoms with Gasteiger partial charge in [0.15, 0.2) is 12.0 Å². The van der Waals surface area contributed by atoms with Crippen molar-refractivity contribution in [3.05, 3.63) is 112 Å². The highest BCUT2D eigenvalue weighted by Gasteiger charge is 2.64. The van der Waals surface area contributed by atoms with Gasteiger partial charge >= 0.3 is 0 Å². The van der Waals surface area contributed by atoms with Crippen molar-refractivity contribution in [1.29, 1.82) is 5.26 Å². The number of nitriles is 1. The predicted molar refractivity (Wildman–Crippen MR) is 265 cm³/mol. The van der Waals surface area contributed by atoms with Crippen LogP contribution in [0.5, 0.6) is 5.75 Å². The lowest BCUT2D eigenvalue weighted by atomic mass is 9.49. The number of aromatic nitrogens is 4. The number of H-pyrrole nitrogens is 1. The standard InChI is InChI=1S/C53H63ClN10O7/c1-30(33-11-13-34(14-12-33)45-31(2)57-29-58-45)59-47(67)40-26-41(65)49-64(40)48(68)44(32(3)69-49)42-24-37(61-71-42)10-8-9-19-62-20-22-63(23-21-62)43-18-16-36(28-56-43)46(66)60-50-52(4,5)51(53(50,6)7)70-38-17-15-35(27-55)39(54)25-38/h11-18,24-25,28-30,32,40-41,44,49-51,65H,8-10,19-23,26H2,1-7H3,(H,57,58)(H,59,67)(H,60,66)/t30-,32?,40-,41+,44?,49?,50-,51-/m0/s1. The highest BCUT2D eigenvalue weighted by Crippen LogP contribution is 2.55. The van der Waals surface area contributed by atoms with Gasteiger partial charge in [-0.3, -0.25) is 19.3 Å². The Kier molecular flexibility index (Phi) is 14.0. The number of benzene rings is 2. The molecular weight excluding hydrogens is 924 g/mol. The highest BCUT2D eigenvalue weighted by atomic mass is 35.5. The molecule has 17 nitrogen and oxygen atoms in total. The van der Waals surface area contributed by atoms with Crippen LogP contribution < -0.4 is 20.3 Å². The number of ether oxygens (including phenoxy) is 2. The van der Waals surface area contributed by atoms with E-state index in [0.29, 0.717) is 34.1 Å². The summed E-state index contributed by atoms with van der Waals surface area (Å²) in [5.41, 5.74) is 4.59. The van der Waals surface area contributed by atoms with Gasteiger partial charge in [0.1, 0.15) is 41.8 Å². The maximum atomic E-state index is 14.2. The van der Waals surface area contributed by atoms with E-state index in [2.05, 4.69) is 74.3 Å². The number of fused-ring (bicyclic) bond motifs is 1. The van der Waals surface area contributed by atoms with Crippen LogP contribution in [-0.4, -0.2) is 122 Å². The van der Waals surface area contributed by atoms with E-state index >= 15 is 0 Å². The number of nitrogens with one attached hydrogen (secondary N) is 3. The Balaban J connectivity index is 0.711. The predicted octanol–water partition coefficient (Wildman–Crippen LogP) is 6.72. The van der Waals surface area contributed by atoms with Gasteiger partial charge in [0.25, 0.3) is 5.91 Å². The van der Waals surface area contributed by atoms with E-state index in [1.54, 1.807) is 37.6 Å². The third-order valence-corrected chi connectivity index (χ3v) is 15.4. The third-order valence-electron chi connectivity index (χ3n) is 15.1. The van der Waals surface area contributed by atoms with Gasteiger partial charge < -0.3 is 44.5 Å². The average Bonchev–Trinajstić information content (AvgIpc) is 4.10. The number of aromatic amines is 1. The molecule has 4 aliphatic rings. The van der Waals surface area contributed by atoms with Crippen molar-refractivity contribution >= 4 is 35.1 Å². The number of halogens is 1. The lowest BCUT2D eigenvalue weighted by Crippen LogP contribution is -2.74. The van der Waals surface area contributed by atoms with E-state index < -0.39 is 30.4 Å². The van der Waals surface area contributed by atoms with Crippen LogP contribution in [0.1, 0.15) is 111 Å². The molecule has 18 heteroatoms. The van der Waals surface area contributed by atoms with Crippen molar-refractivity contribution in [2.75, 3.05) is 37.6 Å². The van der Waals surface area contributed by atoms with E-state index in [0.717, 1.165) is 79.6 Å². The number of imidazole rings is 1. The molecule has 6 heterocycles. The van der Waals surface area contributed by atoms with E-state index in [1.807, 2.05) is 56.3 Å². The zero-order valence-corrected chi connectivity index (χ0v) is 42.1. The zero-order chi connectivity index (χ0) is 50.4. The Hall–Kier alpha value is -6.32. The van der Waals surface area contributed by atoms with Gasteiger partial charge in [0, 0.05) is 67.8 Å². The van der Waals surface area contributed by atoms with Gasteiger partial charge in [0.2, 0.25) is 11.8 Å². The summed E-state index contributed by atoms with van der Waals surface area (Å²) in [6.07, 6.45) is 3.13. The fourth-order valence-electron chi connectivity index (χ4n) is 11.4. The number of hydrogen-bond acceptors (Lipinski definition) is 13. The summed E-state index contributed by atoms with van der Waals surface area (Å²) in [5.74, 6) is 0.112. The maximum Gasteiger partial charge on any atom is 0.253 e. The van der Waals surface area contributed by atoms with E-state index in [-0.39, 0.29) is 53.2 Å². The first kappa shape index (κ1) is 49.7. The van der Waals surface area contributed by atoms with Gasteiger partial charge in [-0.15, -0.1) is 0 Å². The maximum absolute atomic E-state index is 14.2. The second-order valence-corrected chi connectivity index (χ2v) is 21.1. The summed E-state index contributed by atoms with van der Waals surface area (Å²) in [4.78, 5) is 59.6. The minimum atomic E-state index is -1.01. The van der Waals surface area contributed by atoms with Crippen LogP contribution in [0.4, 0.5) is 5.82 Å². The number of piperazine rings is 1. The van der Waals surface area contributed by atoms with Crippen molar-refractivity contribution in [2.45, 2.75) is 123 Å². The van der Waals surface area contributed by atoms with Gasteiger partial charge in [-0.05, 0) is 82.0 Å². The highest BCUT2D eigenvalue weighted by molar-refractivity contribution is 6.31. The molecule has 1 aliphatic carbocycles. The smallest absolute Gasteiger partial charge is 0.253 e. The minimum absolute atomic E-state index is 0.0611. The number of aryl methyl sites for hydroxylation is 2. The fraction of sp³-hybridized carbons (Fsp3) is 0.491. The number of carbonyl (C=O) groups excluding carboxylic acids is 3. The molecule has 3 unspecified atom stereocenters. The topological polar surface area (TPSA) is 215 Å². The number of anilines is 1. The van der Waals surface area contributed by atoms with Crippen LogP contribution in [0.25, 0.3) is 11.3 Å². The van der Waals surface area contributed by atoms with Gasteiger partial charge in [-0.25, -0.2) is 9.97 Å². The van der Waals surface area contributed by atoms with E-state index in [9.17, 15) is 24.8 Å². The first-order valence-corrected chi connectivity index (χ1v) is 24.9. The number of aliphatic hydroxyl groups is 1. The molecule has 4 N–H and O–H groups in total. The molecule has 0 spiro atoms. The van der Waals surface area contributed by atoms with Crippen LogP contribution in [0.2, 0.25) is 5.02 Å². The van der Waals surface area contributed by atoms with Crippen LogP contribution in [0.3, 0.4) is 0 Å². The summed E-state index contributed by atoms with van der Waals surface area (Å²) < 4.78 is 18.4. The van der Waals surface area contributed by atoms with E-state index in [4.69, 9.17) is 25.6 Å². The Morgan fingerprint density at radius 2 is 1.77 bits per heavy atom. The molecule has 6 atom stereocenters. The summed E-state index contributed by atoms with van der Waals surface area (Å²) >= 11 is 6.26. The van der Waals surface area contributed by atoms with Crippen LogP contribution in [0, 0.1) is 29.1 Å². The average molecular weight is 988 g/mol. The monoisotopic (exact) mass is 986 g/mol. The minimum Gasteiger partial charge on any atom is -0.489 e. The molecule has 3 amide bonds. The van der Waals surface area contributed by atoms with Crippen LogP contribution in [-0.2, 0) is 20.7 Å². The molecule has 1 saturated carbocycles. The number of rotatable bonds is 15. The van der Waals surface area contributed by atoms with Crippen molar-refractivity contribution in [1.82, 2.24) is 40.5 Å². The van der Waals surface area contributed by atoms with Crippen molar-refractivity contribution in [2.24, 2.45) is 10.8 Å². The lowest BCUT2D eigenvalue weighted by molar-refractivity contribution is -0.188. The second kappa shape index (κ2) is 20.1. The van der Waals surface area contributed by atoms with Crippen LogP contribution >= 0.6 is 11.6 Å². The Labute approximate surface area is 419 Å². The number of pyridine rings is 1. The second-order valence-electron chi connectivity index (χ2n) is 20.7. The molecule has 3 saturated heterocycles. The molecule has 5 aromatic rings. The summed E-state index contributed by atoms with van der Waals surface area (Å²) in [6.45, 7) is 18.2. The Morgan fingerprint density at radius 3 is 2.44 bits per heavy atom. The molecule has 3 aromatic heterocycles. The Morgan fingerprint density at radius 1 is 1.03 bits per heavy atom.